The van der Waals surface area contributed by atoms with Gasteiger partial charge in [-0.1, -0.05) is 30.7 Å². The molecule has 0 amide bonds. The minimum atomic E-state index is -3.60. The fourth-order valence-electron chi connectivity index (χ4n) is 2.85. The first-order valence-corrected chi connectivity index (χ1v) is 10.5. The highest BCUT2D eigenvalue weighted by atomic mass is 32.2. The summed E-state index contributed by atoms with van der Waals surface area (Å²) >= 11 is 0.936. The molecule has 0 unspecified atom stereocenters. The number of thiophene rings is 1. The monoisotopic (exact) mass is 392 g/mol. The van der Waals surface area contributed by atoms with E-state index in [4.69, 9.17) is 0 Å². The highest BCUT2D eigenvalue weighted by molar-refractivity contribution is 7.91. The van der Waals surface area contributed by atoms with Crippen molar-refractivity contribution in [2.24, 2.45) is 0 Å². The number of benzene rings is 1. The number of carboxylic acids is 1. The van der Waals surface area contributed by atoms with E-state index in [-0.39, 0.29) is 15.5 Å². The lowest BCUT2D eigenvalue weighted by atomic mass is 10.1. The van der Waals surface area contributed by atoms with Gasteiger partial charge < -0.3 is 10.2 Å². The maximum absolute atomic E-state index is 12.7. The Balaban J connectivity index is 1.94. The highest BCUT2D eigenvalue weighted by Crippen LogP contribution is 2.32. The lowest BCUT2D eigenvalue weighted by Crippen LogP contribution is -2.35. The standard InChI is InChI=1S/C18H19NO5S2/c20-14-6-4-5-13(11-14)12-15(18(21)22)16-7-8-17(25-16)26(23,24)19-9-2-1-3-10-19/h4-8,11-12,20H,1-3,9-10H2,(H,21,22)/p-1/b15-12-. The van der Waals surface area contributed by atoms with E-state index in [0.29, 0.717) is 23.5 Å². The zero-order valence-corrected chi connectivity index (χ0v) is 15.6. The summed E-state index contributed by atoms with van der Waals surface area (Å²) < 4.78 is 27.0. The molecule has 1 aliphatic rings. The SMILES string of the molecule is O=C(O)/C(=C\c1cccc([O-])c1)c1ccc(S(=O)(=O)N2CCCCC2)s1. The maximum atomic E-state index is 12.7. The van der Waals surface area contributed by atoms with E-state index in [9.17, 15) is 23.4 Å². The number of hydrogen-bond donors (Lipinski definition) is 1. The van der Waals surface area contributed by atoms with Crippen LogP contribution in [0.15, 0.2) is 40.6 Å². The van der Waals surface area contributed by atoms with Crippen molar-refractivity contribution in [2.45, 2.75) is 23.5 Å². The third kappa shape index (κ3) is 3.98. The van der Waals surface area contributed by atoms with Crippen LogP contribution in [0.2, 0.25) is 0 Å². The van der Waals surface area contributed by atoms with E-state index in [1.165, 1.54) is 34.6 Å². The Hall–Kier alpha value is -2.16. The van der Waals surface area contributed by atoms with Gasteiger partial charge in [-0.2, -0.15) is 4.31 Å². The van der Waals surface area contributed by atoms with Crippen LogP contribution < -0.4 is 5.11 Å². The van der Waals surface area contributed by atoms with Crippen molar-refractivity contribution in [3.05, 3.63) is 46.8 Å². The van der Waals surface area contributed by atoms with Gasteiger partial charge in [-0.3, -0.25) is 0 Å². The molecule has 26 heavy (non-hydrogen) atoms. The van der Waals surface area contributed by atoms with Gasteiger partial charge in [0.2, 0.25) is 0 Å². The van der Waals surface area contributed by atoms with Crippen LogP contribution in [-0.4, -0.2) is 36.9 Å². The van der Waals surface area contributed by atoms with Crippen molar-refractivity contribution in [1.29, 1.82) is 0 Å². The molecule has 0 aliphatic carbocycles. The Bertz CT molecular complexity index is 940. The van der Waals surface area contributed by atoms with Gasteiger partial charge in [-0.05, 0) is 36.6 Å². The Morgan fingerprint density at radius 3 is 2.54 bits per heavy atom. The van der Waals surface area contributed by atoms with Crippen LogP contribution in [0.1, 0.15) is 29.7 Å². The first kappa shape index (κ1) is 18.6. The van der Waals surface area contributed by atoms with Crippen LogP contribution >= 0.6 is 11.3 Å². The highest BCUT2D eigenvalue weighted by Gasteiger charge is 2.28. The number of piperidine rings is 1. The molecule has 138 valence electrons. The lowest BCUT2D eigenvalue weighted by Gasteiger charge is -2.25. The van der Waals surface area contributed by atoms with E-state index in [1.54, 1.807) is 12.1 Å². The Morgan fingerprint density at radius 1 is 1.15 bits per heavy atom. The van der Waals surface area contributed by atoms with Gasteiger partial charge in [-0.15, -0.1) is 17.1 Å². The Labute approximate surface area is 156 Å². The van der Waals surface area contributed by atoms with E-state index in [1.807, 2.05) is 0 Å². The summed E-state index contributed by atoms with van der Waals surface area (Å²) in [7, 11) is -3.60. The van der Waals surface area contributed by atoms with Crippen molar-refractivity contribution in [3.63, 3.8) is 0 Å². The molecule has 3 rings (SSSR count). The lowest BCUT2D eigenvalue weighted by molar-refractivity contribution is -0.268. The fourth-order valence-corrected chi connectivity index (χ4v) is 5.83. The molecule has 1 saturated heterocycles. The molecule has 0 bridgehead atoms. The first-order valence-electron chi connectivity index (χ1n) is 8.20. The minimum absolute atomic E-state index is 0.0410. The zero-order chi connectivity index (χ0) is 18.7. The van der Waals surface area contributed by atoms with E-state index in [0.717, 1.165) is 30.6 Å². The molecule has 1 N–H and O–H groups in total. The van der Waals surface area contributed by atoms with Crippen molar-refractivity contribution in [2.75, 3.05) is 13.1 Å². The fraction of sp³-hybridized carbons (Fsp3) is 0.278. The molecule has 1 fully saturated rings. The molecule has 0 radical (unpaired) electrons. The summed E-state index contributed by atoms with van der Waals surface area (Å²) in [6.45, 7) is 0.987. The van der Waals surface area contributed by atoms with Crippen LogP contribution in [0.4, 0.5) is 0 Å². The van der Waals surface area contributed by atoms with E-state index < -0.39 is 16.0 Å². The van der Waals surface area contributed by atoms with Crippen LogP contribution in [0, 0.1) is 0 Å². The summed E-state index contributed by atoms with van der Waals surface area (Å²) in [6, 6.07) is 8.85. The normalized spacial score (nSPS) is 16.5. The zero-order valence-electron chi connectivity index (χ0n) is 13.9. The van der Waals surface area contributed by atoms with Crippen LogP contribution in [0.25, 0.3) is 11.6 Å². The molecular weight excluding hydrogens is 374 g/mol. The smallest absolute Gasteiger partial charge is 0.337 e. The van der Waals surface area contributed by atoms with Crippen molar-refractivity contribution in [1.82, 2.24) is 4.31 Å². The number of sulfonamides is 1. The molecule has 8 heteroatoms. The Kier molecular flexibility index (Phi) is 5.45. The average molecular weight is 392 g/mol. The van der Waals surface area contributed by atoms with Crippen molar-refractivity contribution >= 4 is 39.0 Å². The Morgan fingerprint density at radius 2 is 1.88 bits per heavy atom. The summed E-state index contributed by atoms with van der Waals surface area (Å²) in [5.41, 5.74) is 0.421. The van der Waals surface area contributed by atoms with Crippen molar-refractivity contribution in [3.8, 4) is 5.75 Å². The number of carbonyl (C=O) groups is 1. The van der Waals surface area contributed by atoms with Crippen LogP contribution in [0.3, 0.4) is 0 Å². The number of rotatable bonds is 5. The third-order valence-corrected chi connectivity index (χ3v) is 7.64. The molecule has 0 spiro atoms. The maximum Gasteiger partial charge on any atom is 0.337 e. The summed E-state index contributed by atoms with van der Waals surface area (Å²) in [5.74, 6) is -1.40. The first-order chi connectivity index (χ1) is 12.4. The number of aliphatic carboxylic acids is 1. The van der Waals surface area contributed by atoms with Gasteiger partial charge in [0.25, 0.3) is 10.0 Å². The quantitative estimate of drug-likeness (QED) is 0.789. The molecule has 0 atom stereocenters. The van der Waals surface area contributed by atoms with Gasteiger partial charge in [-0.25, -0.2) is 13.2 Å². The molecule has 1 aliphatic heterocycles. The van der Waals surface area contributed by atoms with E-state index >= 15 is 0 Å². The van der Waals surface area contributed by atoms with Gasteiger partial charge in [0.05, 0.1) is 5.57 Å². The number of carboxylic acid groups (broad SMARTS) is 1. The molecule has 2 aromatic rings. The largest absolute Gasteiger partial charge is 0.872 e. The average Bonchev–Trinajstić information content (AvgIpc) is 3.11. The molecule has 1 aromatic carbocycles. The molecule has 0 saturated carbocycles. The predicted octanol–water partition coefficient (Wildman–Crippen LogP) is 2.62. The number of nitrogens with zero attached hydrogens (tertiary/aromatic N) is 1. The minimum Gasteiger partial charge on any atom is -0.872 e. The predicted molar refractivity (Wildman–Crippen MR) is 98.3 cm³/mol. The summed E-state index contributed by atoms with van der Waals surface area (Å²) in [4.78, 5) is 12.0. The van der Waals surface area contributed by atoms with Gasteiger partial charge in [0.1, 0.15) is 4.21 Å². The summed E-state index contributed by atoms with van der Waals surface area (Å²) in [6.07, 6.45) is 4.08. The van der Waals surface area contributed by atoms with Gasteiger partial charge in [0.15, 0.2) is 0 Å². The van der Waals surface area contributed by atoms with Crippen molar-refractivity contribution < 1.29 is 23.4 Å². The third-order valence-electron chi connectivity index (χ3n) is 4.16. The van der Waals surface area contributed by atoms with Crippen LogP contribution in [-0.2, 0) is 14.8 Å². The van der Waals surface area contributed by atoms with E-state index in [2.05, 4.69) is 0 Å². The molecule has 2 heterocycles. The number of hydrogen-bond acceptors (Lipinski definition) is 5. The molecule has 1 aromatic heterocycles. The van der Waals surface area contributed by atoms with Gasteiger partial charge >= 0.3 is 5.97 Å². The van der Waals surface area contributed by atoms with Gasteiger partial charge in [0, 0.05) is 18.0 Å². The van der Waals surface area contributed by atoms with Crippen LogP contribution in [0.5, 0.6) is 5.75 Å². The summed E-state index contributed by atoms with van der Waals surface area (Å²) in [5, 5.41) is 20.9. The topological polar surface area (TPSA) is 97.7 Å². The molecule has 6 nitrogen and oxygen atoms in total. The molecular formula is C18H18NO5S2-. The second-order valence-electron chi connectivity index (χ2n) is 6.02. The second kappa shape index (κ2) is 7.61. The second-order valence-corrected chi connectivity index (χ2v) is 9.27.